The van der Waals surface area contributed by atoms with Crippen LogP contribution in [0.2, 0.25) is 0 Å². The third kappa shape index (κ3) is 24.5. The van der Waals surface area contributed by atoms with Crippen molar-refractivity contribution >= 4 is 92.9 Å². The minimum absolute atomic E-state index is 0.000993. The fourth-order valence-electron chi connectivity index (χ4n) is 18.1. The maximum absolute atomic E-state index is 14.7. The van der Waals surface area contributed by atoms with Crippen LogP contribution >= 0.6 is 0 Å². The van der Waals surface area contributed by atoms with Crippen molar-refractivity contribution < 1.29 is 96.0 Å². The molecule has 4 amide bonds. The van der Waals surface area contributed by atoms with E-state index >= 15 is 0 Å². The number of piperidine rings is 1. The highest BCUT2D eigenvalue weighted by molar-refractivity contribution is 6.39. The minimum atomic E-state index is -2.53. The summed E-state index contributed by atoms with van der Waals surface area (Å²) in [4.78, 5) is 150. The zero-order valence-electron chi connectivity index (χ0n) is 75.9. The molecule has 5 aromatic heterocycles. The van der Waals surface area contributed by atoms with Crippen molar-refractivity contribution in [3.8, 4) is 11.3 Å². The first-order chi connectivity index (χ1) is 63.1. The molecule has 3 saturated heterocycles. The highest BCUT2D eigenvalue weighted by atomic mass is 16.6. The van der Waals surface area contributed by atoms with Gasteiger partial charge >= 0.3 is 12.1 Å². The van der Waals surface area contributed by atoms with Crippen LogP contribution in [0.4, 0.5) is 28.4 Å². The number of allylic oxidation sites excluding steroid dienone is 6. The largest absolute Gasteiger partial charge is 0.458 e. The number of hydrogen-bond acceptors (Lipinski definition) is 32. The van der Waals surface area contributed by atoms with Crippen molar-refractivity contribution in [1.29, 1.82) is 0 Å². The van der Waals surface area contributed by atoms with Gasteiger partial charge in [-0.1, -0.05) is 82.4 Å². The molecule has 4 fully saturated rings. The number of nitrogens with two attached hydrogens (primary N) is 2. The number of aliphatic hydroxyl groups excluding tert-OH is 2. The molecule has 1 saturated carbocycles. The minimum Gasteiger partial charge on any atom is -0.458 e. The van der Waals surface area contributed by atoms with Crippen LogP contribution in [0.5, 0.6) is 0 Å². The molecular weight excluding hydrogens is 1690 g/mol. The molecule has 2 aromatic carbocycles. The van der Waals surface area contributed by atoms with E-state index in [1.807, 2.05) is 76.9 Å². The van der Waals surface area contributed by atoms with Gasteiger partial charge in [-0.15, -0.1) is 0 Å². The van der Waals surface area contributed by atoms with Crippen molar-refractivity contribution in [2.45, 2.75) is 212 Å². The van der Waals surface area contributed by atoms with Crippen LogP contribution in [0.25, 0.3) is 33.4 Å². The van der Waals surface area contributed by atoms with Crippen molar-refractivity contribution in [3.63, 3.8) is 0 Å². The lowest BCUT2D eigenvalue weighted by atomic mass is 9.80. The van der Waals surface area contributed by atoms with Gasteiger partial charge in [0.15, 0.2) is 17.0 Å². The number of cyclic esters (lactones) is 1. The number of oxazole rings is 1. The molecule has 15 atom stereocenters. The number of nitrogen functional groups attached to an aromatic ring is 2. The van der Waals surface area contributed by atoms with E-state index in [9.17, 15) is 53.7 Å². The number of esters is 1. The molecule has 0 unspecified atom stereocenters. The second-order valence-electron chi connectivity index (χ2n) is 35.1. The van der Waals surface area contributed by atoms with Gasteiger partial charge in [-0.25, -0.2) is 44.2 Å². The predicted octanol–water partition coefficient (Wildman–Crippen LogP) is 7.64. The lowest BCUT2D eigenvalue weighted by Crippen LogP contribution is -2.61. The molecule has 37 heteroatoms. The number of methoxy groups -OCH3 is 3. The first-order valence-electron chi connectivity index (χ1n) is 45.3. The summed E-state index contributed by atoms with van der Waals surface area (Å²) in [6.45, 7) is 15.5. The number of anilines is 4. The van der Waals surface area contributed by atoms with Crippen LogP contribution in [0.3, 0.4) is 0 Å². The fourth-order valence-corrected chi connectivity index (χ4v) is 18.1. The number of carbonyl (C=O) groups excluding carboxylic acids is 8. The number of ether oxygens (including phenoxy) is 8. The Morgan fingerprint density at radius 2 is 1.52 bits per heavy atom. The number of piperazine rings is 1. The Morgan fingerprint density at radius 3 is 2.27 bits per heavy atom. The maximum atomic E-state index is 14.7. The van der Waals surface area contributed by atoms with Gasteiger partial charge in [0.25, 0.3) is 23.6 Å². The van der Waals surface area contributed by atoms with E-state index < -0.39 is 120 Å². The summed E-state index contributed by atoms with van der Waals surface area (Å²) in [5.41, 5.74) is 20.5. The molecule has 13 rings (SSSR count). The van der Waals surface area contributed by atoms with Gasteiger partial charge in [0.05, 0.1) is 81.6 Å². The maximum Gasteiger partial charge on any atom is 0.407 e. The molecule has 704 valence electrons. The van der Waals surface area contributed by atoms with Crippen LogP contribution in [0.15, 0.2) is 120 Å². The van der Waals surface area contributed by atoms with Crippen LogP contribution < -0.4 is 31.9 Å². The van der Waals surface area contributed by atoms with E-state index in [1.54, 1.807) is 59.5 Å². The monoisotopic (exact) mass is 1810 g/mol. The number of hydrogen-bond donors (Lipinski definition) is 7. The molecule has 6 aliphatic rings. The van der Waals surface area contributed by atoms with Gasteiger partial charge in [0, 0.05) is 134 Å². The number of rotatable bonds is 24. The Labute approximate surface area is 760 Å². The van der Waals surface area contributed by atoms with E-state index in [1.165, 1.54) is 32.8 Å². The second kappa shape index (κ2) is 45.1. The van der Waals surface area contributed by atoms with Crippen molar-refractivity contribution in [1.82, 2.24) is 65.1 Å². The summed E-state index contributed by atoms with van der Waals surface area (Å²) < 4.78 is 54.4. The number of nitrogens with zero attached hydrogens (tertiary/aromatic N) is 13. The second-order valence-corrected chi connectivity index (χ2v) is 35.1. The highest BCUT2D eigenvalue weighted by Gasteiger charge is 2.53. The van der Waals surface area contributed by atoms with E-state index in [2.05, 4.69) is 62.6 Å². The molecule has 7 aromatic rings. The number of benzene rings is 2. The molecule has 0 radical (unpaired) electrons. The van der Waals surface area contributed by atoms with Crippen LogP contribution in [-0.2, 0) is 92.7 Å². The summed E-state index contributed by atoms with van der Waals surface area (Å²) in [7, 11) is 4.38. The Kier molecular flexibility index (Phi) is 33.5. The molecule has 10 heterocycles. The van der Waals surface area contributed by atoms with Crippen molar-refractivity contribution in [2.75, 3.05) is 115 Å². The Hall–Kier alpha value is -11.4. The molecule has 9 N–H and O–H groups in total. The molecule has 131 heavy (non-hydrogen) atoms. The topological polar surface area (TPSA) is 481 Å². The quantitative estimate of drug-likeness (QED) is 0.0132. The number of alkyl carbamates (subject to hydrolysis) is 1. The first kappa shape index (κ1) is 97.1. The van der Waals surface area contributed by atoms with Gasteiger partial charge in [-0.05, 0) is 142 Å². The Balaban J connectivity index is 0.525. The van der Waals surface area contributed by atoms with E-state index in [4.69, 9.17) is 58.9 Å². The number of fused-ring (bicyclic) bond motifs is 6. The van der Waals surface area contributed by atoms with E-state index in [0.29, 0.717) is 155 Å². The summed E-state index contributed by atoms with van der Waals surface area (Å²) in [6.07, 6.45) is 13.7. The summed E-state index contributed by atoms with van der Waals surface area (Å²) in [5, 5.41) is 47.3. The lowest BCUT2D eigenvalue weighted by molar-refractivity contribution is -0.265. The molecule has 1 aliphatic carbocycles. The van der Waals surface area contributed by atoms with Gasteiger partial charge < -0.3 is 99.3 Å². The third-order valence-electron chi connectivity index (χ3n) is 25.8. The molecule has 37 nitrogen and oxygen atoms in total. The number of Topliss-reactive ketones (excluding diaryl/α,β-unsaturated/α-hetero) is 3. The molecular formula is C94H123N17O20. The van der Waals surface area contributed by atoms with Crippen molar-refractivity contribution in [3.05, 3.63) is 143 Å². The van der Waals surface area contributed by atoms with Gasteiger partial charge in [-0.2, -0.15) is 10.1 Å². The average molecular weight is 1810 g/mol. The van der Waals surface area contributed by atoms with Gasteiger partial charge in [0.2, 0.25) is 17.6 Å². The number of aliphatic hydroxyl groups is 3. The molecule has 2 bridgehead atoms. The summed E-state index contributed by atoms with van der Waals surface area (Å²) in [5.74, 6) is -8.27. The third-order valence-corrected chi connectivity index (χ3v) is 25.8. The zero-order chi connectivity index (χ0) is 93.2. The van der Waals surface area contributed by atoms with Gasteiger partial charge in [-0.3, -0.25) is 28.8 Å². The SMILES string of the molecule is CO[C@H]1C[C@@H]2CC[C@@H](C)[C@@](O)(O2)C(=O)C(=O)N2CCCC[C@H]2C(=O)O[C@H]([C@H](O)C[C@@H]2CC[C@@H](OC(=O)NCc3cnc(N4CCN(c5cnc(C(=O)NCCOCCOCCC(=O)N6CCc7cc(Cn8nc(-c9ccc%10oc(N)nc%10c9)c9c(N)ncnc98)ccc7C6)cn5)CC4)nc3)[C@H](OC)C2)CC(=O)[C@H](C)/C=C(\C)[C@@H](O)[C@@H](OC)C(=O)[C@H](C)C[C@H](C)/C=C/C=CC=C1C. The van der Waals surface area contributed by atoms with E-state index in [-0.39, 0.29) is 113 Å². The van der Waals surface area contributed by atoms with E-state index in [0.717, 1.165) is 32.7 Å². The standard InChI is InChI=1S/C94H123N17O20/c1-55-15-11-10-12-16-56(2)75(123-7)45-67-23-18-60(6)94(122,131-67)85(117)89(119)110-29-14-13-17-70(110)90(120)128-76(46-71(112)57(3)40-59(5)83(116)84(125-9)82(115)58(4)39-55)72(113)42-61-20-24-74(77(43-61)124-8)130-93(121)102-49-63-47-100-92(101-48-63)108-33-31-107(32-34-108)78-51-98-69(50-99-78)88(118)97-28-36-127-38-37-126-35-27-79(114)109-30-26-64-41-62(19-21-66(64)53-109)52-111-87-80(86(95)103-54-104-87)81(106-111)65-22-25-73-68(44-65)105-91(96)129-73/h10-12,15-16,19,21-22,25,40-41,44,47-48,50-51,54-55,57-58,60-61,67,70,72,74-77,83-84,113,116,122H,13-14,17-18,20,23-24,26-39,42-43,45-46,49,52-53H2,1-9H3,(H2,96,105)(H,97,118)(H,102,121)(H2,95,103,104)/b12-10?,15-11+,56-16?,59-40+/t55-,57-,58-,60-,61+,67+,70+,72-,74-,75+,76+,77-,83-,84+,94-/m1/s1. The highest BCUT2D eigenvalue weighted by Crippen LogP contribution is 2.40. The Bertz CT molecular complexity index is 5290. The number of carbonyl (C=O) groups is 8. The van der Waals surface area contributed by atoms with Gasteiger partial charge in [0.1, 0.15) is 71.1 Å². The average Bonchev–Trinajstić information content (AvgIpc) is 1.64. The predicted molar refractivity (Wildman–Crippen MR) is 482 cm³/mol. The molecule has 0 spiro atoms. The van der Waals surface area contributed by atoms with Crippen LogP contribution in [-0.4, -0.2) is 271 Å². The smallest absolute Gasteiger partial charge is 0.407 e. The van der Waals surface area contributed by atoms with Crippen LogP contribution in [0, 0.1) is 29.6 Å². The summed E-state index contributed by atoms with van der Waals surface area (Å²) in [6, 6.07) is 10.5. The zero-order valence-corrected chi connectivity index (χ0v) is 75.9. The number of aromatic nitrogens is 9. The fraction of sp³-hybridized carbons (Fsp3) is 0.553. The lowest BCUT2D eigenvalue weighted by Gasteiger charge is -2.42. The Morgan fingerprint density at radius 1 is 0.740 bits per heavy atom. The van der Waals surface area contributed by atoms with Crippen LogP contribution in [0.1, 0.15) is 158 Å². The summed E-state index contributed by atoms with van der Waals surface area (Å²) >= 11 is 0. The molecule has 5 aliphatic heterocycles. The van der Waals surface area contributed by atoms with Crippen molar-refractivity contribution in [2.24, 2.45) is 29.6 Å². The first-order valence-corrected chi connectivity index (χ1v) is 45.3. The number of amides is 4. The number of ketones is 3. The normalized spacial score (nSPS) is 26.5. The number of nitrogens with one attached hydrogen (secondary N) is 2.